The number of thioether (sulfide) groups is 1. The molecular weight excluding hydrogens is 254 g/mol. The highest BCUT2D eigenvalue weighted by Crippen LogP contribution is 2.20. The number of benzene rings is 2. The van der Waals surface area contributed by atoms with Crippen LogP contribution in [0.5, 0.6) is 5.75 Å². The van der Waals surface area contributed by atoms with E-state index in [2.05, 4.69) is 24.3 Å². The van der Waals surface area contributed by atoms with Crippen molar-refractivity contribution >= 4 is 17.4 Å². The fraction of sp³-hybridized carbons (Fsp3) is 0.250. The molecule has 0 aliphatic rings. The second-order valence-corrected chi connectivity index (χ2v) is 5.38. The molecule has 19 heavy (non-hydrogen) atoms. The third-order valence-corrected chi connectivity index (χ3v) is 3.84. The normalized spacial score (nSPS) is 10.3. The summed E-state index contributed by atoms with van der Waals surface area (Å²) in [7, 11) is 0. The van der Waals surface area contributed by atoms with Gasteiger partial charge in [0.1, 0.15) is 5.75 Å². The largest absolute Gasteiger partial charge is 0.491 e. The van der Waals surface area contributed by atoms with E-state index in [1.54, 1.807) is 0 Å². The maximum atomic E-state index is 5.81. The molecule has 2 aromatic rings. The van der Waals surface area contributed by atoms with Gasteiger partial charge in [-0.1, -0.05) is 42.5 Å². The summed E-state index contributed by atoms with van der Waals surface area (Å²) in [6.45, 7) is 0.718. The Kier molecular flexibility index (Phi) is 5.63. The molecule has 100 valence electrons. The van der Waals surface area contributed by atoms with E-state index in [4.69, 9.17) is 10.5 Å². The van der Waals surface area contributed by atoms with Crippen LogP contribution >= 0.6 is 11.8 Å². The standard InChI is InChI=1S/C16H19NOS/c17-15-9-4-5-10-16(15)18-11-6-12-19-13-14-7-2-1-3-8-14/h1-5,7-10H,6,11-13,17H2. The predicted molar refractivity (Wildman–Crippen MR) is 83.6 cm³/mol. The first kappa shape index (κ1) is 13.8. The molecule has 0 aromatic heterocycles. The first-order valence-electron chi connectivity index (χ1n) is 6.45. The van der Waals surface area contributed by atoms with Crippen molar-refractivity contribution in [2.75, 3.05) is 18.1 Å². The van der Waals surface area contributed by atoms with Crippen molar-refractivity contribution in [3.8, 4) is 5.75 Å². The van der Waals surface area contributed by atoms with Gasteiger partial charge in [0.15, 0.2) is 0 Å². The maximum absolute atomic E-state index is 5.81. The third-order valence-electron chi connectivity index (χ3n) is 2.72. The van der Waals surface area contributed by atoms with Gasteiger partial charge in [-0.15, -0.1) is 0 Å². The summed E-state index contributed by atoms with van der Waals surface area (Å²) < 4.78 is 5.65. The molecule has 0 aliphatic heterocycles. The molecule has 0 saturated heterocycles. The van der Waals surface area contributed by atoms with Crippen LogP contribution in [0.4, 0.5) is 5.69 Å². The lowest BCUT2D eigenvalue weighted by Gasteiger charge is -2.08. The van der Waals surface area contributed by atoms with Crippen molar-refractivity contribution in [2.45, 2.75) is 12.2 Å². The van der Waals surface area contributed by atoms with Crippen LogP contribution < -0.4 is 10.5 Å². The van der Waals surface area contributed by atoms with Gasteiger partial charge in [-0.25, -0.2) is 0 Å². The van der Waals surface area contributed by atoms with Crippen LogP contribution in [0.2, 0.25) is 0 Å². The number of hydrogen-bond acceptors (Lipinski definition) is 3. The zero-order valence-electron chi connectivity index (χ0n) is 10.9. The molecule has 0 radical (unpaired) electrons. The van der Waals surface area contributed by atoms with Crippen LogP contribution in [0.3, 0.4) is 0 Å². The number of nitrogens with two attached hydrogens (primary N) is 1. The summed E-state index contributed by atoms with van der Waals surface area (Å²) in [5.74, 6) is 2.95. The minimum atomic E-state index is 0.708. The predicted octanol–water partition coefficient (Wildman–Crippen LogP) is 3.97. The Morgan fingerprint density at radius 2 is 1.68 bits per heavy atom. The second-order valence-electron chi connectivity index (χ2n) is 4.28. The molecule has 2 rings (SSSR count). The van der Waals surface area contributed by atoms with Gasteiger partial charge in [-0.2, -0.15) is 11.8 Å². The van der Waals surface area contributed by atoms with Gasteiger partial charge >= 0.3 is 0 Å². The molecule has 3 heteroatoms. The Morgan fingerprint density at radius 3 is 2.47 bits per heavy atom. The van der Waals surface area contributed by atoms with Gasteiger partial charge in [0.2, 0.25) is 0 Å². The van der Waals surface area contributed by atoms with Gasteiger partial charge in [0.25, 0.3) is 0 Å². The molecule has 0 atom stereocenters. The highest BCUT2D eigenvalue weighted by Gasteiger charge is 1.98. The Morgan fingerprint density at radius 1 is 0.947 bits per heavy atom. The van der Waals surface area contributed by atoms with Gasteiger partial charge < -0.3 is 10.5 Å². The number of rotatable bonds is 7. The van der Waals surface area contributed by atoms with E-state index in [1.807, 2.05) is 42.1 Å². The smallest absolute Gasteiger partial charge is 0.142 e. The van der Waals surface area contributed by atoms with Crippen LogP contribution in [-0.2, 0) is 5.75 Å². The minimum absolute atomic E-state index is 0.708. The van der Waals surface area contributed by atoms with E-state index < -0.39 is 0 Å². The number of anilines is 1. The molecule has 0 saturated carbocycles. The van der Waals surface area contributed by atoms with Gasteiger partial charge in [0, 0.05) is 5.75 Å². The summed E-state index contributed by atoms with van der Waals surface area (Å²) in [5, 5.41) is 0. The average Bonchev–Trinajstić information content (AvgIpc) is 2.45. The van der Waals surface area contributed by atoms with Crippen molar-refractivity contribution in [1.82, 2.24) is 0 Å². The number of ether oxygens (including phenoxy) is 1. The van der Waals surface area contributed by atoms with E-state index in [1.165, 1.54) is 5.56 Å². The minimum Gasteiger partial charge on any atom is -0.491 e. The highest BCUT2D eigenvalue weighted by atomic mass is 32.2. The zero-order valence-corrected chi connectivity index (χ0v) is 11.7. The van der Waals surface area contributed by atoms with Crippen LogP contribution in [-0.4, -0.2) is 12.4 Å². The Labute approximate surface area is 119 Å². The maximum Gasteiger partial charge on any atom is 0.142 e. The summed E-state index contributed by atoms with van der Waals surface area (Å²) >= 11 is 1.93. The number of nitrogen functional groups attached to an aromatic ring is 1. The molecule has 0 spiro atoms. The number of hydrogen-bond donors (Lipinski definition) is 1. The van der Waals surface area contributed by atoms with E-state index in [9.17, 15) is 0 Å². The van der Waals surface area contributed by atoms with Crippen molar-refractivity contribution < 1.29 is 4.74 Å². The van der Waals surface area contributed by atoms with Crippen LogP contribution in [0.25, 0.3) is 0 Å². The summed E-state index contributed by atoms with van der Waals surface area (Å²) in [6, 6.07) is 18.2. The quantitative estimate of drug-likeness (QED) is 0.612. The Balaban J connectivity index is 1.59. The Bertz CT molecular complexity index is 487. The molecule has 2 N–H and O–H groups in total. The van der Waals surface area contributed by atoms with Gasteiger partial charge in [0.05, 0.1) is 12.3 Å². The topological polar surface area (TPSA) is 35.2 Å². The molecular formula is C16H19NOS. The molecule has 0 fully saturated rings. The SMILES string of the molecule is Nc1ccccc1OCCCSCc1ccccc1. The van der Waals surface area contributed by atoms with E-state index in [-0.39, 0.29) is 0 Å². The van der Waals surface area contributed by atoms with Crippen molar-refractivity contribution in [3.05, 3.63) is 60.2 Å². The summed E-state index contributed by atoms with van der Waals surface area (Å²) in [6.07, 6.45) is 1.03. The summed E-state index contributed by atoms with van der Waals surface area (Å²) in [5.41, 5.74) is 7.89. The van der Waals surface area contributed by atoms with E-state index in [0.717, 1.165) is 30.3 Å². The molecule has 0 amide bonds. The fourth-order valence-electron chi connectivity index (χ4n) is 1.72. The molecule has 2 nitrogen and oxygen atoms in total. The first-order valence-corrected chi connectivity index (χ1v) is 7.61. The first-order chi connectivity index (χ1) is 9.36. The lowest BCUT2D eigenvalue weighted by molar-refractivity contribution is 0.320. The lowest BCUT2D eigenvalue weighted by Crippen LogP contribution is -2.01. The van der Waals surface area contributed by atoms with Gasteiger partial charge in [-0.05, 0) is 29.9 Å². The highest BCUT2D eigenvalue weighted by molar-refractivity contribution is 7.98. The molecule has 0 aliphatic carbocycles. The van der Waals surface area contributed by atoms with Crippen molar-refractivity contribution in [1.29, 1.82) is 0 Å². The molecule has 0 bridgehead atoms. The monoisotopic (exact) mass is 273 g/mol. The molecule has 0 heterocycles. The van der Waals surface area contributed by atoms with Crippen LogP contribution in [0.15, 0.2) is 54.6 Å². The Hall–Kier alpha value is -1.61. The fourth-order valence-corrected chi connectivity index (χ4v) is 2.61. The van der Waals surface area contributed by atoms with Crippen LogP contribution in [0, 0.1) is 0 Å². The van der Waals surface area contributed by atoms with Crippen molar-refractivity contribution in [2.24, 2.45) is 0 Å². The zero-order chi connectivity index (χ0) is 13.3. The van der Waals surface area contributed by atoms with Crippen LogP contribution in [0.1, 0.15) is 12.0 Å². The van der Waals surface area contributed by atoms with E-state index >= 15 is 0 Å². The van der Waals surface area contributed by atoms with Gasteiger partial charge in [-0.3, -0.25) is 0 Å². The second kappa shape index (κ2) is 7.74. The third kappa shape index (κ3) is 4.87. The number of para-hydroxylation sites is 2. The summed E-state index contributed by atoms with van der Waals surface area (Å²) in [4.78, 5) is 0. The average molecular weight is 273 g/mol. The molecule has 0 unspecified atom stereocenters. The van der Waals surface area contributed by atoms with Crippen molar-refractivity contribution in [3.63, 3.8) is 0 Å². The van der Waals surface area contributed by atoms with E-state index in [0.29, 0.717) is 5.69 Å². The molecule has 2 aromatic carbocycles. The lowest BCUT2D eigenvalue weighted by atomic mass is 10.2.